The minimum Gasteiger partial charge on any atom is -0.478 e. The molecule has 0 saturated heterocycles. The molecule has 3 N–H and O–H groups in total. The van der Waals surface area contributed by atoms with Crippen LogP contribution in [0.25, 0.3) is 6.08 Å². The Bertz CT molecular complexity index is 1230. The number of furan rings is 1. The smallest absolute Gasteiger partial charge is 0.335 e. The number of ether oxygens (including phenoxy) is 2. The van der Waals surface area contributed by atoms with Gasteiger partial charge in [-0.2, -0.15) is 0 Å². The lowest BCUT2D eigenvalue weighted by Crippen LogP contribution is -2.30. The highest BCUT2D eigenvalue weighted by Crippen LogP contribution is 2.33. The second kappa shape index (κ2) is 8.98. The molecular weight excluding hydrogens is 484 g/mol. The third kappa shape index (κ3) is 4.81. The lowest BCUT2D eigenvalue weighted by atomic mass is 10.1. The van der Waals surface area contributed by atoms with Crippen LogP contribution in [-0.4, -0.2) is 29.7 Å². The standard InChI is InChI=1S/C22H15BrN2O7/c23-19-8-7-17(32-19)21(27)25-15(9-12-1-6-16-18(10-12)31-11-30-16)20(26)24-14-4-2-13(3-5-14)22(28)29/h1-10H,11H2,(H,24,26)(H,25,27)(H,28,29)/b15-9+. The van der Waals surface area contributed by atoms with Gasteiger partial charge in [-0.1, -0.05) is 6.07 Å². The molecule has 0 aliphatic carbocycles. The van der Waals surface area contributed by atoms with E-state index in [1.165, 1.54) is 36.4 Å². The number of benzene rings is 2. The molecule has 2 heterocycles. The van der Waals surface area contributed by atoms with Crippen molar-refractivity contribution in [3.63, 3.8) is 0 Å². The molecule has 1 aromatic heterocycles. The first-order chi connectivity index (χ1) is 15.4. The van der Waals surface area contributed by atoms with E-state index in [0.717, 1.165) is 0 Å². The Morgan fingerprint density at radius 2 is 1.72 bits per heavy atom. The summed E-state index contributed by atoms with van der Waals surface area (Å²) in [6, 6.07) is 13.7. The topological polar surface area (TPSA) is 127 Å². The zero-order valence-electron chi connectivity index (χ0n) is 16.3. The fraction of sp³-hybridized carbons (Fsp3) is 0.0455. The van der Waals surface area contributed by atoms with E-state index in [1.807, 2.05) is 0 Å². The second-order valence-corrected chi connectivity index (χ2v) is 7.35. The van der Waals surface area contributed by atoms with Crippen molar-refractivity contribution < 1.29 is 33.4 Å². The third-order valence-corrected chi connectivity index (χ3v) is 4.81. The normalized spacial score (nSPS) is 12.3. The number of carbonyl (C=O) groups is 3. The van der Waals surface area contributed by atoms with Gasteiger partial charge in [0.2, 0.25) is 6.79 Å². The molecule has 32 heavy (non-hydrogen) atoms. The highest BCUT2D eigenvalue weighted by Gasteiger charge is 2.19. The Morgan fingerprint density at radius 3 is 2.41 bits per heavy atom. The van der Waals surface area contributed by atoms with Crippen LogP contribution in [0.5, 0.6) is 11.5 Å². The average Bonchev–Trinajstić information content (AvgIpc) is 3.42. The first-order valence-corrected chi connectivity index (χ1v) is 10.0. The van der Waals surface area contributed by atoms with Gasteiger partial charge in [-0.25, -0.2) is 4.79 Å². The van der Waals surface area contributed by atoms with E-state index >= 15 is 0 Å². The highest BCUT2D eigenvalue weighted by atomic mass is 79.9. The Hall–Kier alpha value is -4.05. The molecule has 3 aromatic rings. The lowest BCUT2D eigenvalue weighted by Gasteiger charge is -2.11. The van der Waals surface area contributed by atoms with Gasteiger partial charge in [0.05, 0.1) is 5.56 Å². The number of carboxylic acid groups (broad SMARTS) is 1. The Kier molecular flexibility index (Phi) is 5.95. The summed E-state index contributed by atoms with van der Waals surface area (Å²) in [5.41, 5.74) is 0.952. The van der Waals surface area contributed by atoms with Crippen LogP contribution in [0.3, 0.4) is 0 Å². The maximum absolute atomic E-state index is 12.9. The van der Waals surface area contributed by atoms with Crippen LogP contribution in [-0.2, 0) is 4.79 Å². The van der Waals surface area contributed by atoms with E-state index in [-0.39, 0.29) is 23.8 Å². The molecule has 0 bridgehead atoms. The second-order valence-electron chi connectivity index (χ2n) is 6.57. The zero-order chi connectivity index (χ0) is 22.7. The van der Waals surface area contributed by atoms with Gasteiger partial charge < -0.3 is 29.6 Å². The van der Waals surface area contributed by atoms with Gasteiger partial charge >= 0.3 is 5.97 Å². The van der Waals surface area contributed by atoms with E-state index < -0.39 is 17.8 Å². The van der Waals surface area contributed by atoms with Gasteiger partial charge in [-0.15, -0.1) is 0 Å². The predicted octanol–water partition coefficient (Wildman–Crippen LogP) is 3.88. The van der Waals surface area contributed by atoms with Gasteiger partial charge in [0, 0.05) is 5.69 Å². The monoisotopic (exact) mass is 498 g/mol. The van der Waals surface area contributed by atoms with Crippen molar-refractivity contribution in [2.75, 3.05) is 12.1 Å². The molecule has 0 unspecified atom stereocenters. The number of carboxylic acids is 1. The molecule has 0 radical (unpaired) electrons. The Labute approximate surface area is 189 Å². The van der Waals surface area contributed by atoms with Crippen LogP contribution >= 0.6 is 15.9 Å². The molecule has 1 aliphatic rings. The number of halogens is 1. The first kappa shape index (κ1) is 21.2. The van der Waals surface area contributed by atoms with E-state index in [4.69, 9.17) is 19.0 Å². The molecule has 2 aromatic carbocycles. The summed E-state index contributed by atoms with van der Waals surface area (Å²) >= 11 is 3.13. The highest BCUT2D eigenvalue weighted by molar-refractivity contribution is 9.10. The molecule has 162 valence electrons. The van der Waals surface area contributed by atoms with E-state index in [2.05, 4.69) is 26.6 Å². The van der Waals surface area contributed by atoms with Gasteiger partial charge in [0.1, 0.15) is 5.70 Å². The van der Waals surface area contributed by atoms with Crippen molar-refractivity contribution in [1.82, 2.24) is 5.32 Å². The van der Waals surface area contributed by atoms with Crippen LogP contribution < -0.4 is 20.1 Å². The molecule has 4 rings (SSSR count). The first-order valence-electron chi connectivity index (χ1n) is 9.22. The summed E-state index contributed by atoms with van der Waals surface area (Å²) in [4.78, 5) is 36.5. The molecular formula is C22H15BrN2O7. The fourth-order valence-electron chi connectivity index (χ4n) is 2.84. The minimum atomic E-state index is -1.08. The summed E-state index contributed by atoms with van der Waals surface area (Å²) in [5, 5.41) is 14.2. The van der Waals surface area contributed by atoms with Crippen LogP contribution in [0.2, 0.25) is 0 Å². The molecule has 0 spiro atoms. The SMILES string of the molecule is O=C(Nc1ccc(C(=O)O)cc1)/C(=C\c1ccc2c(c1)OCO2)NC(=O)c1ccc(Br)o1. The Morgan fingerprint density at radius 1 is 0.969 bits per heavy atom. The summed E-state index contributed by atoms with van der Waals surface area (Å²) in [6.45, 7) is 0.103. The molecule has 2 amide bonds. The molecule has 9 nitrogen and oxygen atoms in total. The van der Waals surface area contributed by atoms with E-state index in [1.54, 1.807) is 24.3 Å². The molecule has 0 atom stereocenters. The van der Waals surface area contributed by atoms with E-state index in [0.29, 0.717) is 27.4 Å². The average molecular weight is 499 g/mol. The summed E-state index contributed by atoms with van der Waals surface area (Å²) < 4.78 is 16.2. The van der Waals surface area contributed by atoms with Gasteiger partial charge in [0.25, 0.3) is 11.8 Å². The number of fused-ring (bicyclic) bond motifs is 1. The maximum Gasteiger partial charge on any atom is 0.335 e. The van der Waals surface area contributed by atoms with Crippen molar-refractivity contribution in [3.05, 3.63) is 81.9 Å². The fourth-order valence-corrected chi connectivity index (χ4v) is 3.15. The largest absolute Gasteiger partial charge is 0.478 e. The third-order valence-electron chi connectivity index (χ3n) is 4.39. The van der Waals surface area contributed by atoms with E-state index in [9.17, 15) is 14.4 Å². The Balaban J connectivity index is 1.60. The van der Waals surface area contributed by atoms with Crippen molar-refractivity contribution >= 4 is 45.5 Å². The number of rotatable bonds is 6. The number of hydrogen-bond acceptors (Lipinski definition) is 6. The number of hydrogen-bond donors (Lipinski definition) is 3. The summed E-state index contributed by atoms with van der Waals surface area (Å²) in [7, 11) is 0. The van der Waals surface area contributed by atoms with Gasteiger partial charge in [-0.05, 0) is 76.1 Å². The van der Waals surface area contributed by atoms with Crippen molar-refractivity contribution in [2.24, 2.45) is 0 Å². The molecule has 0 fully saturated rings. The van der Waals surface area contributed by atoms with Crippen molar-refractivity contribution in [1.29, 1.82) is 0 Å². The predicted molar refractivity (Wildman–Crippen MR) is 116 cm³/mol. The number of aromatic carboxylic acids is 1. The van der Waals surface area contributed by atoms with Crippen LogP contribution in [0.1, 0.15) is 26.5 Å². The van der Waals surface area contributed by atoms with Crippen LogP contribution in [0.15, 0.2) is 69.4 Å². The summed E-state index contributed by atoms with van der Waals surface area (Å²) in [6.07, 6.45) is 1.47. The number of anilines is 1. The van der Waals surface area contributed by atoms with Crippen LogP contribution in [0, 0.1) is 0 Å². The maximum atomic E-state index is 12.9. The quantitative estimate of drug-likeness (QED) is 0.440. The summed E-state index contributed by atoms with van der Waals surface area (Å²) in [5.74, 6) is -1.22. The van der Waals surface area contributed by atoms with Crippen LogP contribution in [0.4, 0.5) is 5.69 Å². The minimum absolute atomic E-state index is 0.00655. The van der Waals surface area contributed by atoms with Gasteiger partial charge in [0.15, 0.2) is 21.9 Å². The molecule has 10 heteroatoms. The lowest BCUT2D eigenvalue weighted by molar-refractivity contribution is -0.113. The zero-order valence-corrected chi connectivity index (χ0v) is 17.8. The number of carbonyl (C=O) groups excluding carboxylic acids is 2. The van der Waals surface area contributed by atoms with Crippen molar-refractivity contribution in [3.8, 4) is 11.5 Å². The number of amides is 2. The number of nitrogens with one attached hydrogen (secondary N) is 2. The van der Waals surface area contributed by atoms with Gasteiger partial charge in [-0.3, -0.25) is 9.59 Å². The van der Waals surface area contributed by atoms with Crippen molar-refractivity contribution in [2.45, 2.75) is 0 Å². The molecule has 1 aliphatic heterocycles. The molecule has 0 saturated carbocycles.